The zero-order valence-corrected chi connectivity index (χ0v) is 13.0. The normalized spacial score (nSPS) is 43.4. The van der Waals surface area contributed by atoms with Crippen LogP contribution in [0.4, 0.5) is 0 Å². The summed E-state index contributed by atoms with van der Waals surface area (Å²) in [6.45, 7) is 8.99. The van der Waals surface area contributed by atoms with Crippen molar-refractivity contribution in [3.8, 4) is 0 Å². The third-order valence-corrected chi connectivity index (χ3v) is 5.43. The number of rotatable bonds is 1. The van der Waals surface area contributed by atoms with Gasteiger partial charge >= 0.3 is 11.9 Å². The second kappa shape index (κ2) is 4.80. The van der Waals surface area contributed by atoms with E-state index in [-0.39, 0.29) is 23.7 Å². The minimum absolute atomic E-state index is 0.0403. The van der Waals surface area contributed by atoms with Crippen molar-refractivity contribution in [3.63, 3.8) is 0 Å². The standard InChI is InChI=1S/C17H20O5/c1-8-7-12-14(9(2)16(20)22-12)15(21-10(3)18)17(4)11(8)5-6-13(17)19/h5-6,8,11-12,14-15H,2,7H2,1,3-4H3/t8-,11-,12+,14-,15-,17+/m1/s1. The number of allylic oxidation sites excluding steroid dienone is 2. The van der Waals surface area contributed by atoms with Crippen molar-refractivity contribution in [2.45, 2.75) is 39.4 Å². The van der Waals surface area contributed by atoms with Gasteiger partial charge in [0.25, 0.3) is 0 Å². The van der Waals surface area contributed by atoms with Crippen LogP contribution in [0.5, 0.6) is 0 Å². The molecule has 0 N–H and O–H groups in total. The smallest absolute Gasteiger partial charge is 0.334 e. The molecule has 2 fully saturated rings. The van der Waals surface area contributed by atoms with E-state index in [9.17, 15) is 14.4 Å². The van der Waals surface area contributed by atoms with E-state index in [0.717, 1.165) is 0 Å². The van der Waals surface area contributed by atoms with E-state index in [4.69, 9.17) is 9.47 Å². The fraction of sp³-hybridized carbons (Fsp3) is 0.588. The number of hydrogen-bond acceptors (Lipinski definition) is 5. The summed E-state index contributed by atoms with van der Waals surface area (Å²) in [5.41, 5.74) is -0.577. The summed E-state index contributed by atoms with van der Waals surface area (Å²) < 4.78 is 11.0. The molecule has 0 amide bonds. The molecule has 118 valence electrons. The maximum atomic E-state index is 12.6. The van der Waals surface area contributed by atoms with Crippen LogP contribution >= 0.6 is 0 Å². The summed E-state index contributed by atoms with van der Waals surface area (Å²) in [6.07, 6.45) is 2.98. The quantitative estimate of drug-likeness (QED) is 0.546. The van der Waals surface area contributed by atoms with Gasteiger partial charge in [-0.05, 0) is 31.3 Å². The lowest BCUT2D eigenvalue weighted by Gasteiger charge is -2.39. The second-order valence-corrected chi connectivity index (χ2v) is 6.77. The Kier molecular flexibility index (Phi) is 3.27. The molecule has 0 aromatic heterocycles. The summed E-state index contributed by atoms with van der Waals surface area (Å²) in [6, 6.07) is 0. The van der Waals surface area contributed by atoms with Crippen LogP contribution < -0.4 is 0 Å². The summed E-state index contributed by atoms with van der Waals surface area (Å²) in [5, 5.41) is 0. The summed E-state index contributed by atoms with van der Waals surface area (Å²) in [4.78, 5) is 36.1. The first kappa shape index (κ1) is 15.0. The van der Waals surface area contributed by atoms with Gasteiger partial charge < -0.3 is 9.47 Å². The zero-order chi connectivity index (χ0) is 16.2. The summed E-state index contributed by atoms with van der Waals surface area (Å²) >= 11 is 0. The van der Waals surface area contributed by atoms with E-state index in [0.29, 0.717) is 12.0 Å². The highest BCUT2D eigenvalue weighted by Gasteiger charge is 2.61. The van der Waals surface area contributed by atoms with E-state index in [1.165, 1.54) is 6.92 Å². The Morgan fingerprint density at radius 2 is 2.14 bits per heavy atom. The predicted octanol–water partition coefficient (Wildman–Crippen LogP) is 1.82. The average Bonchev–Trinajstić information content (AvgIpc) is 2.84. The maximum absolute atomic E-state index is 12.6. The Labute approximate surface area is 129 Å². The van der Waals surface area contributed by atoms with E-state index in [2.05, 4.69) is 6.58 Å². The van der Waals surface area contributed by atoms with Crippen molar-refractivity contribution in [1.29, 1.82) is 0 Å². The molecule has 5 heteroatoms. The monoisotopic (exact) mass is 304 g/mol. The van der Waals surface area contributed by atoms with Gasteiger partial charge in [0, 0.05) is 12.5 Å². The third kappa shape index (κ3) is 1.87. The molecule has 5 nitrogen and oxygen atoms in total. The fourth-order valence-electron chi connectivity index (χ4n) is 4.33. The van der Waals surface area contributed by atoms with Crippen molar-refractivity contribution >= 4 is 17.7 Å². The highest BCUT2D eigenvalue weighted by molar-refractivity contribution is 5.99. The van der Waals surface area contributed by atoms with Crippen LogP contribution in [-0.2, 0) is 23.9 Å². The topological polar surface area (TPSA) is 69.7 Å². The molecule has 0 bridgehead atoms. The van der Waals surface area contributed by atoms with Crippen molar-refractivity contribution in [2.24, 2.45) is 23.2 Å². The molecular formula is C17H20O5. The van der Waals surface area contributed by atoms with E-state index in [1.54, 1.807) is 6.08 Å². The first-order valence-corrected chi connectivity index (χ1v) is 7.56. The number of esters is 2. The molecule has 2 aliphatic carbocycles. The van der Waals surface area contributed by atoms with Gasteiger partial charge in [0.15, 0.2) is 5.78 Å². The van der Waals surface area contributed by atoms with Gasteiger partial charge in [-0.15, -0.1) is 0 Å². The Morgan fingerprint density at radius 1 is 1.45 bits per heavy atom. The van der Waals surface area contributed by atoms with Crippen LogP contribution in [0.2, 0.25) is 0 Å². The molecule has 6 atom stereocenters. The van der Waals surface area contributed by atoms with Gasteiger partial charge in [0.05, 0.1) is 11.3 Å². The molecular weight excluding hydrogens is 284 g/mol. The summed E-state index contributed by atoms with van der Waals surface area (Å²) in [7, 11) is 0. The Balaban J connectivity index is 2.12. The highest BCUT2D eigenvalue weighted by Crippen LogP contribution is 2.54. The van der Waals surface area contributed by atoms with E-state index < -0.39 is 29.4 Å². The number of ketones is 1. The largest absolute Gasteiger partial charge is 0.461 e. The molecule has 0 radical (unpaired) electrons. The lowest BCUT2D eigenvalue weighted by atomic mass is 9.67. The minimum atomic E-state index is -0.874. The molecule has 22 heavy (non-hydrogen) atoms. The van der Waals surface area contributed by atoms with Gasteiger partial charge in [-0.3, -0.25) is 9.59 Å². The first-order chi connectivity index (χ1) is 10.3. The minimum Gasteiger partial charge on any atom is -0.461 e. The molecule has 1 heterocycles. The lowest BCUT2D eigenvalue weighted by Crippen LogP contribution is -2.49. The van der Waals surface area contributed by atoms with Crippen LogP contribution in [0.25, 0.3) is 0 Å². The SMILES string of the molecule is C=C1C(=O)O[C@H]2C[C@@H](C)[C@H]3C=CC(=O)[C@@]3(C)[C@H](OC(C)=O)[C@H]12. The first-order valence-electron chi connectivity index (χ1n) is 7.56. The predicted molar refractivity (Wildman–Crippen MR) is 77.6 cm³/mol. The third-order valence-electron chi connectivity index (χ3n) is 5.43. The van der Waals surface area contributed by atoms with E-state index in [1.807, 2.05) is 19.9 Å². The van der Waals surface area contributed by atoms with Gasteiger partial charge in [-0.25, -0.2) is 4.79 Å². The molecule has 1 saturated carbocycles. The van der Waals surface area contributed by atoms with Crippen LogP contribution in [0.3, 0.4) is 0 Å². The molecule has 3 rings (SSSR count). The van der Waals surface area contributed by atoms with Crippen molar-refractivity contribution in [3.05, 3.63) is 24.3 Å². The average molecular weight is 304 g/mol. The lowest BCUT2D eigenvalue weighted by molar-refractivity contribution is -0.162. The molecule has 1 aliphatic heterocycles. The number of hydrogen-bond donors (Lipinski definition) is 0. The Morgan fingerprint density at radius 3 is 2.77 bits per heavy atom. The fourth-order valence-corrected chi connectivity index (χ4v) is 4.33. The Hall–Kier alpha value is -1.91. The molecule has 0 aromatic rings. The van der Waals surface area contributed by atoms with Crippen molar-refractivity contribution < 1.29 is 23.9 Å². The number of fused-ring (bicyclic) bond motifs is 2. The van der Waals surface area contributed by atoms with E-state index >= 15 is 0 Å². The molecule has 0 spiro atoms. The molecule has 0 unspecified atom stereocenters. The van der Waals surface area contributed by atoms with Gasteiger partial charge in [-0.1, -0.05) is 19.6 Å². The number of carbonyl (C=O) groups excluding carboxylic acids is 3. The Bertz CT molecular complexity index is 604. The second-order valence-electron chi connectivity index (χ2n) is 6.77. The van der Waals surface area contributed by atoms with Crippen LogP contribution in [0, 0.1) is 23.2 Å². The van der Waals surface area contributed by atoms with Crippen LogP contribution in [0.1, 0.15) is 27.2 Å². The highest BCUT2D eigenvalue weighted by atomic mass is 16.6. The number of ether oxygens (including phenoxy) is 2. The van der Waals surface area contributed by atoms with Crippen molar-refractivity contribution in [1.82, 2.24) is 0 Å². The van der Waals surface area contributed by atoms with Crippen molar-refractivity contribution in [2.75, 3.05) is 0 Å². The number of carbonyl (C=O) groups is 3. The van der Waals surface area contributed by atoms with Gasteiger partial charge in [0.2, 0.25) is 0 Å². The van der Waals surface area contributed by atoms with Gasteiger partial charge in [0.1, 0.15) is 12.2 Å². The summed E-state index contributed by atoms with van der Waals surface area (Å²) in [5.74, 6) is -1.35. The maximum Gasteiger partial charge on any atom is 0.334 e. The molecule has 3 aliphatic rings. The van der Waals surface area contributed by atoms with Crippen LogP contribution in [-0.4, -0.2) is 29.9 Å². The van der Waals surface area contributed by atoms with Crippen LogP contribution in [0.15, 0.2) is 24.3 Å². The molecule has 0 aromatic carbocycles. The van der Waals surface area contributed by atoms with Gasteiger partial charge in [-0.2, -0.15) is 0 Å². The molecule has 1 saturated heterocycles. The zero-order valence-electron chi connectivity index (χ0n) is 13.0.